The number of carbonyl (C=O) groups excluding carboxylic acids is 2. The fourth-order valence-corrected chi connectivity index (χ4v) is 3.96. The van der Waals surface area contributed by atoms with E-state index >= 15 is 0 Å². The maximum atomic E-state index is 13.3. The Morgan fingerprint density at radius 1 is 1.23 bits per heavy atom. The number of carbonyl (C=O) groups is 2. The van der Waals surface area contributed by atoms with Gasteiger partial charge in [-0.05, 0) is 57.7 Å². The number of alkyl halides is 3. The van der Waals surface area contributed by atoms with Crippen LogP contribution in [0.1, 0.15) is 49.7 Å². The molecule has 1 aromatic heterocycles. The maximum absolute atomic E-state index is 13.3. The third kappa shape index (κ3) is 6.67. The van der Waals surface area contributed by atoms with Gasteiger partial charge in [0.05, 0.1) is 24.6 Å². The minimum atomic E-state index is -4.50. The second-order valence-corrected chi connectivity index (χ2v) is 9.66. The highest BCUT2D eigenvalue weighted by atomic mass is 19.4. The number of amides is 2. The molecule has 1 aliphatic heterocycles. The van der Waals surface area contributed by atoms with Crippen LogP contribution in [-0.4, -0.2) is 71.0 Å². The number of halogens is 3. The van der Waals surface area contributed by atoms with Gasteiger partial charge >= 0.3 is 12.3 Å². The molecule has 0 spiro atoms. The Morgan fingerprint density at radius 2 is 1.94 bits per heavy atom. The molecule has 0 bridgehead atoms. The van der Waals surface area contributed by atoms with E-state index in [9.17, 15) is 22.8 Å². The summed E-state index contributed by atoms with van der Waals surface area (Å²) in [6.07, 6.45) is -1.95. The van der Waals surface area contributed by atoms with Crippen molar-refractivity contribution >= 4 is 12.0 Å². The van der Waals surface area contributed by atoms with Crippen LogP contribution in [0.5, 0.6) is 5.75 Å². The number of hydrogen-bond acceptors (Lipinski definition) is 5. The number of hydrogen-bond donors (Lipinski definition) is 0. The molecular weight excluding hydrogens is 465 g/mol. The first-order valence-electron chi connectivity index (χ1n) is 11.3. The monoisotopic (exact) mass is 496 g/mol. The van der Waals surface area contributed by atoms with E-state index in [4.69, 9.17) is 9.47 Å². The first kappa shape index (κ1) is 26.4. The van der Waals surface area contributed by atoms with Crippen LogP contribution in [0.3, 0.4) is 0 Å². The largest absolute Gasteiger partial charge is 0.493 e. The van der Waals surface area contributed by atoms with Gasteiger partial charge in [-0.3, -0.25) is 4.79 Å². The first-order chi connectivity index (χ1) is 16.3. The lowest BCUT2D eigenvalue weighted by Gasteiger charge is -2.34. The van der Waals surface area contributed by atoms with Crippen molar-refractivity contribution in [3.8, 4) is 11.4 Å². The molecule has 2 heterocycles. The molecule has 3 rings (SSSR count). The van der Waals surface area contributed by atoms with Crippen molar-refractivity contribution in [2.75, 3.05) is 33.8 Å². The fraction of sp³-hybridized carbons (Fsp3) is 0.542. The summed E-state index contributed by atoms with van der Waals surface area (Å²) in [5, 5.41) is 4.25. The Balaban J connectivity index is 1.74. The molecule has 2 amide bonds. The van der Waals surface area contributed by atoms with Gasteiger partial charge in [-0.25, -0.2) is 9.48 Å². The smallest absolute Gasteiger partial charge is 0.416 e. The zero-order chi connectivity index (χ0) is 26.0. The molecule has 1 saturated heterocycles. The third-order valence-corrected chi connectivity index (χ3v) is 5.58. The molecule has 8 nitrogen and oxygen atoms in total. The highest BCUT2D eigenvalue weighted by Crippen LogP contribution is 2.31. The summed E-state index contributed by atoms with van der Waals surface area (Å²) in [6, 6.07) is 4.69. The number of benzene rings is 1. The summed E-state index contributed by atoms with van der Waals surface area (Å²) < 4.78 is 51.3. The van der Waals surface area contributed by atoms with E-state index in [2.05, 4.69) is 5.10 Å². The summed E-state index contributed by atoms with van der Waals surface area (Å²) in [5.41, 5.74) is -1.24. The molecule has 35 heavy (non-hydrogen) atoms. The molecule has 11 heteroatoms. The van der Waals surface area contributed by atoms with Crippen LogP contribution in [0, 0.1) is 5.92 Å². The van der Waals surface area contributed by atoms with E-state index in [0.29, 0.717) is 19.6 Å². The summed E-state index contributed by atoms with van der Waals surface area (Å²) in [5.74, 6) is -0.167. The molecule has 0 radical (unpaired) electrons. The minimum absolute atomic E-state index is 0.0195. The number of ether oxygens (including phenoxy) is 2. The van der Waals surface area contributed by atoms with Gasteiger partial charge in [0, 0.05) is 26.7 Å². The second kappa shape index (κ2) is 10.2. The second-order valence-electron chi connectivity index (χ2n) is 9.66. The average Bonchev–Trinajstić information content (AvgIpc) is 3.21. The number of piperidine rings is 1. The summed E-state index contributed by atoms with van der Waals surface area (Å²) >= 11 is 0. The Labute approximate surface area is 202 Å². The molecule has 1 fully saturated rings. The van der Waals surface area contributed by atoms with Crippen molar-refractivity contribution in [1.82, 2.24) is 19.6 Å². The van der Waals surface area contributed by atoms with Gasteiger partial charge in [0.25, 0.3) is 5.91 Å². The predicted octanol–water partition coefficient (Wildman–Crippen LogP) is 4.62. The molecule has 1 aromatic carbocycles. The van der Waals surface area contributed by atoms with Crippen LogP contribution in [0.4, 0.5) is 18.0 Å². The van der Waals surface area contributed by atoms with Crippen molar-refractivity contribution < 1.29 is 32.2 Å². The Morgan fingerprint density at radius 3 is 2.57 bits per heavy atom. The molecular formula is C24H31F3N4O4. The van der Waals surface area contributed by atoms with Gasteiger partial charge < -0.3 is 19.3 Å². The van der Waals surface area contributed by atoms with E-state index < -0.39 is 23.4 Å². The summed E-state index contributed by atoms with van der Waals surface area (Å²) in [6.45, 7) is 6.73. The van der Waals surface area contributed by atoms with Crippen molar-refractivity contribution in [1.29, 1.82) is 0 Å². The number of rotatable bonds is 5. The average molecular weight is 497 g/mol. The van der Waals surface area contributed by atoms with E-state index in [1.807, 2.05) is 0 Å². The van der Waals surface area contributed by atoms with E-state index in [-0.39, 0.29) is 29.0 Å². The topological polar surface area (TPSA) is 76.9 Å². The number of methoxy groups -OCH3 is 1. The molecule has 1 unspecified atom stereocenters. The SMILES string of the molecule is COc1cn(-c2cccc(C(F)(F)F)c2)nc1C(=O)N1CCCC(CN(C)C(=O)OC(C)(C)C)C1. The highest BCUT2D eigenvalue weighted by molar-refractivity contribution is 5.95. The lowest BCUT2D eigenvalue weighted by molar-refractivity contribution is -0.137. The molecule has 0 saturated carbocycles. The van der Waals surface area contributed by atoms with Crippen molar-refractivity contribution in [3.05, 3.63) is 41.7 Å². The van der Waals surface area contributed by atoms with Gasteiger partial charge in [-0.2, -0.15) is 18.3 Å². The number of aromatic nitrogens is 2. The zero-order valence-corrected chi connectivity index (χ0v) is 20.6. The molecule has 2 aromatic rings. The van der Waals surface area contributed by atoms with Crippen LogP contribution in [0.2, 0.25) is 0 Å². The summed E-state index contributed by atoms with van der Waals surface area (Å²) in [7, 11) is 3.04. The molecule has 1 aliphatic rings. The fourth-order valence-electron chi connectivity index (χ4n) is 3.96. The van der Waals surface area contributed by atoms with Crippen LogP contribution in [0.25, 0.3) is 5.69 Å². The predicted molar refractivity (Wildman–Crippen MR) is 123 cm³/mol. The lowest BCUT2D eigenvalue weighted by Crippen LogP contribution is -2.45. The van der Waals surface area contributed by atoms with Gasteiger partial charge in [0.15, 0.2) is 11.4 Å². The van der Waals surface area contributed by atoms with E-state index in [1.165, 1.54) is 35.0 Å². The Kier molecular flexibility index (Phi) is 7.66. The van der Waals surface area contributed by atoms with Gasteiger partial charge in [-0.15, -0.1) is 0 Å². The van der Waals surface area contributed by atoms with E-state index in [1.54, 1.807) is 32.7 Å². The van der Waals surface area contributed by atoms with Crippen LogP contribution < -0.4 is 4.74 Å². The number of likely N-dealkylation sites (tertiary alicyclic amines) is 1. The van der Waals surface area contributed by atoms with E-state index in [0.717, 1.165) is 25.0 Å². The van der Waals surface area contributed by atoms with Crippen molar-refractivity contribution in [2.24, 2.45) is 5.92 Å². The molecule has 0 aliphatic carbocycles. The highest BCUT2D eigenvalue weighted by Gasteiger charge is 2.32. The van der Waals surface area contributed by atoms with Crippen molar-refractivity contribution in [2.45, 2.75) is 45.4 Å². The number of nitrogens with zero attached hydrogens (tertiary/aromatic N) is 4. The van der Waals surface area contributed by atoms with Crippen LogP contribution >= 0.6 is 0 Å². The lowest BCUT2D eigenvalue weighted by atomic mass is 9.97. The van der Waals surface area contributed by atoms with Crippen LogP contribution in [-0.2, 0) is 10.9 Å². The maximum Gasteiger partial charge on any atom is 0.416 e. The van der Waals surface area contributed by atoms with Gasteiger partial charge in [0.1, 0.15) is 5.60 Å². The zero-order valence-electron chi connectivity index (χ0n) is 20.6. The van der Waals surface area contributed by atoms with Crippen molar-refractivity contribution in [3.63, 3.8) is 0 Å². The molecule has 0 N–H and O–H groups in total. The minimum Gasteiger partial charge on any atom is -0.493 e. The van der Waals surface area contributed by atoms with Gasteiger partial charge in [-0.1, -0.05) is 6.07 Å². The normalized spacial score (nSPS) is 16.7. The Bertz CT molecular complexity index is 1060. The first-order valence-corrected chi connectivity index (χ1v) is 11.3. The molecule has 1 atom stereocenters. The quantitative estimate of drug-likeness (QED) is 0.604. The standard InChI is InChI=1S/C24H31F3N4O4/c1-23(2,3)35-22(33)29(4)13-16-8-7-11-30(14-16)21(32)20-19(34-5)15-31(28-20)18-10-6-9-17(12-18)24(25,26)27/h6,9-10,12,15-16H,7-8,11,13-14H2,1-5H3. The third-order valence-electron chi connectivity index (χ3n) is 5.58. The summed E-state index contributed by atoms with van der Waals surface area (Å²) in [4.78, 5) is 28.7. The Hall–Kier alpha value is -3.24. The molecule has 192 valence electrons. The van der Waals surface area contributed by atoms with Gasteiger partial charge in [0.2, 0.25) is 0 Å². The van der Waals surface area contributed by atoms with Crippen LogP contribution in [0.15, 0.2) is 30.5 Å².